The van der Waals surface area contributed by atoms with Gasteiger partial charge >= 0.3 is 0 Å². The molecule has 0 bridgehead atoms. The van der Waals surface area contributed by atoms with Gasteiger partial charge in [-0.15, -0.1) is 0 Å². The molecule has 2 unspecified atom stereocenters. The van der Waals surface area contributed by atoms with Crippen molar-refractivity contribution < 1.29 is 4.74 Å². The van der Waals surface area contributed by atoms with Crippen molar-refractivity contribution in [1.29, 1.82) is 0 Å². The first-order valence-corrected chi connectivity index (χ1v) is 6.74. The second-order valence-electron chi connectivity index (χ2n) is 5.29. The zero-order valence-corrected chi connectivity index (χ0v) is 11.9. The molecule has 0 radical (unpaired) electrons. The second kappa shape index (κ2) is 6.16. The fourth-order valence-electron chi connectivity index (χ4n) is 2.51. The Labute approximate surface area is 114 Å². The Bertz CT molecular complexity index is 425. The highest BCUT2D eigenvalue weighted by atomic mass is 16.5. The topological polar surface area (TPSA) is 76.3 Å². The molecule has 1 aromatic rings. The third kappa shape index (κ3) is 3.33. The molecule has 2 heterocycles. The number of anilines is 2. The maximum absolute atomic E-state index is 5.48. The summed E-state index contributed by atoms with van der Waals surface area (Å²) in [7, 11) is 1.64. The Morgan fingerprint density at radius 3 is 2.89 bits per heavy atom. The molecule has 0 spiro atoms. The van der Waals surface area contributed by atoms with Crippen LogP contribution < -0.4 is 16.2 Å². The van der Waals surface area contributed by atoms with E-state index >= 15 is 0 Å². The molecular weight excluding hydrogens is 242 g/mol. The van der Waals surface area contributed by atoms with Crippen LogP contribution in [0.2, 0.25) is 0 Å². The number of methoxy groups -OCH3 is 1. The molecule has 19 heavy (non-hydrogen) atoms. The summed E-state index contributed by atoms with van der Waals surface area (Å²) in [6, 6.07) is 2.39. The fraction of sp³-hybridized carbons (Fsp3) is 0.692. The molecule has 6 heteroatoms. The van der Waals surface area contributed by atoms with E-state index in [-0.39, 0.29) is 0 Å². The SMILES string of the molecule is COCc1nc(NN)cc(N2CC(C)CCC2C)n1. The first-order valence-electron chi connectivity index (χ1n) is 6.74. The van der Waals surface area contributed by atoms with Crippen molar-refractivity contribution in [2.45, 2.75) is 39.3 Å². The Hall–Kier alpha value is -1.40. The molecule has 0 saturated carbocycles. The lowest BCUT2D eigenvalue weighted by Gasteiger charge is -2.37. The Morgan fingerprint density at radius 1 is 1.42 bits per heavy atom. The average Bonchev–Trinajstić information content (AvgIpc) is 2.41. The summed E-state index contributed by atoms with van der Waals surface area (Å²) in [5, 5.41) is 0. The number of nitrogens with two attached hydrogens (primary N) is 1. The molecule has 1 saturated heterocycles. The van der Waals surface area contributed by atoms with Gasteiger partial charge in [-0.3, -0.25) is 0 Å². The molecular formula is C13H23N5O. The number of hydrogen-bond acceptors (Lipinski definition) is 6. The number of nitrogens with one attached hydrogen (secondary N) is 1. The van der Waals surface area contributed by atoms with Crippen LogP contribution in [0.25, 0.3) is 0 Å². The van der Waals surface area contributed by atoms with Crippen molar-refractivity contribution in [3.8, 4) is 0 Å². The predicted octanol–water partition coefficient (Wildman–Crippen LogP) is 1.53. The quantitative estimate of drug-likeness (QED) is 0.635. The number of hydrogen-bond donors (Lipinski definition) is 2. The van der Waals surface area contributed by atoms with Gasteiger partial charge in [0.2, 0.25) is 0 Å². The number of nitrogens with zero attached hydrogens (tertiary/aromatic N) is 3. The maximum Gasteiger partial charge on any atom is 0.158 e. The number of nitrogen functional groups attached to an aromatic ring is 1. The molecule has 0 aromatic carbocycles. The minimum atomic E-state index is 0.389. The third-order valence-electron chi connectivity index (χ3n) is 3.59. The number of ether oxygens (including phenoxy) is 1. The lowest BCUT2D eigenvalue weighted by Crippen LogP contribution is -2.41. The molecule has 6 nitrogen and oxygen atoms in total. The van der Waals surface area contributed by atoms with E-state index in [0.29, 0.717) is 30.2 Å². The van der Waals surface area contributed by atoms with Crippen molar-refractivity contribution >= 4 is 11.6 Å². The summed E-state index contributed by atoms with van der Waals surface area (Å²) >= 11 is 0. The van der Waals surface area contributed by atoms with E-state index in [4.69, 9.17) is 10.6 Å². The van der Waals surface area contributed by atoms with Crippen molar-refractivity contribution in [2.75, 3.05) is 24.0 Å². The van der Waals surface area contributed by atoms with Gasteiger partial charge in [0.1, 0.15) is 18.2 Å². The van der Waals surface area contributed by atoms with Gasteiger partial charge in [0.05, 0.1) is 0 Å². The predicted molar refractivity (Wildman–Crippen MR) is 75.8 cm³/mol. The lowest BCUT2D eigenvalue weighted by molar-refractivity contribution is 0.178. The van der Waals surface area contributed by atoms with Crippen molar-refractivity contribution in [3.63, 3.8) is 0 Å². The number of aromatic nitrogens is 2. The smallest absolute Gasteiger partial charge is 0.158 e. The summed E-state index contributed by atoms with van der Waals surface area (Å²) in [4.78, 5) is 11.2. The first-order chi connectivity index (χ1) is 9.13. The molecule has 1 aliphatic heterocycles. The van der Waals surface area contributed by atoms with Crippen LogP contribution in [-0.4, -0.2) is 29.7 Å². The molecule has 1 fully saturated rings. The summed E-state index contributed by atoms with van der Waals surface area (Å²) in [6.07, 6.45) is 2.46. The first kappa shape index (κ1) is 14.0. The van der Waals surface area contributed by atoms with Crippen molar-refractivity contribution in [2.24, 2.45) is 11.8 Å². The molecule has 1 aliphatic rings. The van der Waals surface area contributed by atoms with E-state index < -0.39 is 0 Å². The molecule has 1 aromatic heterocycles. The average molecular weight is 265 g/mol. The number of rotatable bonds is 4. The van der Waals surface area contributed by atoms with Crippen LogP contribution in [0.5, 0.6) is 0 Å². The van der Waals surface area contributed by atoms with E-state index in [0.717, 1.165) is 12.4 Å². The zero-order valence-electron chi connectivity index (χ0n) is 11.9. The van der Waals surface area contributed by atoms with Gasteiger partial charge in [0.15, 0.2) is 5.82 Å². The molecule has 0 aliphatic carbocycles. The Morgan fingerprint density at radius 2 is 2.21 bits per heavy atom. The normalized spacial score (nSPS) is 23.5. The largest absolute Gasteiger partial charge is 0.377 e. The second-order valence-corrected chi connectivity index (χ2v) is 5.29. The van der Waals surface area contributed by atoms with Gasteiger partial charge < -0.3 is 15.1 Å². The molecule has 2 rings (SSSR count). The van der Waals surface area contributed by atoms with Crippen LogP contribution in [0.4, 0.5) is 11.6 Å². The van der Waals surface area contributed by atoms with Crippen LogP contribution >= 0.6 is 0 Å². The number of hydrazine groups is 1. The van der Waals surface area contributed by atoms with Gasteiger partial charge in [0, 0.05) is 25.8 Å². The van der Waals surface area contributed by atoms with E-state index in [9.17, 15) is 0 Å². The molecule has 106 valence electrons. The fourth-order valence-corrected chi connectivity index (χ4v) is 2.51. The van der Waals surface area contributed by atoms with Gasteiger partial charge in [-0.25, -0.2) is 15.8 Å². The van der Waals surface area contributed by atoms with E-state index in [1.165, 1.54) is 12.8 Å². The Kier molecular flexibility index (Phi) is 4.55. The van der Waals surface area contributed by atoms with E-state index in [1.807, 2.05) is 6.07 Å². The van der Waals surface area contributed by atoms with Crippen LogP contribution in [0, 0.1) is 5.92 Å². The van der Waals surface area contributed by atoms with E-state index in [1.54, 1.807) is 7.11 Å². The monoisotopic (exact) mass is 265 g/mol. The molecule has 2 atom stereocenters. The summed E-state index contributed by atoms with van der Waals surface area (Å²) in [5.41, 5.74) is 2.60. The standard InChI is InChI=1S/C13H23N5O/c1-9-4-5-10(2)18(7-9)13-6-11(17-14)15-12(16-13)8-19-3/h6,9-10H,4-5,7-8,14H2,1-3H3,(H,15,16,17). The van der Waals surface area contributed by atoms with Crippen molar-refractivity contribution in [1.82, 2.24) is 9.97 Å². The van der Waals surface area contributed by atoms with Gasteiger partial charge in [-0.2, -0.15) is 0 Å². The van der Waals surface area contributed by atoms with Crippen LogP contribution in [0.15, 0.2) is 6.07 Å². The van der Waals surface area contributed by atoms with Gasteiger partial charge in [-0.05, 0) is 25.7 Å². The molecule has 3 N–H and O–H groups in total. The maximum atomic E-state index is 5.48. The highest BCUT2D eigenvalue weighted by Gasteiger charge is 2.24. The minimum absolute atomic E-state index is 0.389. The highest BCUT2D eigenvalue weighted by molar-refractivity contribution is 5.49. The van der Waals surface area contributed by atoms with Crippen LogP contribution in [0.3, 0.4) is 0 Å². The zero-order chi connectivity index (χ0) is 13.8. The third-order valence-corrected chi connectivity index (χ3v) is 3.59. The highest BCUT2D eigenvalue weighted by Crippen LogP contribution is 2.27. The summed E-state index contributed by atoms with van der Waals surface area (Å²) in [6.45, 7) is 5.92. The van der Waals surface area contributed by atoms with Gasteiger partial charge in [0.25, 0.3) is 0 Å². The van der Waals surface area contributed by atoms with E-state index in [2.05, 4.69) is 34.1 Å². The summed E-state index contributed by atoms with van der Waals surface area (Å²) in [5.74, 6) is 8.37. The number of piperidine rings is 1. The van der Waals surface area contributed by atoms with Gasteiger partial charge in [-0.1, -0.05) is 6.92 Å². The van der Waals surface area contributed by atoms with Crippen molar-refractivity contribution in [3.05, 3.63) is 11.9 Å². The Balaban J connectivity index is 2.28. The van der Waals surface area contributed by atoms with Crippen LogP contribution in [-0.2, 0) is 11.3 Å². The van der Waals surface area contributed by atoms with Crippen LogP contribution in [0.1, 0.15) is 32.5 Å². The summed E-state index contributed by atoms with van der Waals surface area (Å²) < 4.78 is 5.11. The minimum Gasteiger partial charge on any atom is -0.377 e. The molecule has 0 amide bonds. The lowest BCUT2D eigenvalue weighted by atomic mass is 9.95.